The largest absolute Gasteiger partial charge is 0.450 e. The van der Waals surface area contributed by atoms with Crippen molar-refractivity contribution in [2.45, 2.75) is 20.8 Å². The number of ether oxygens (including phenoxy) is 1. The van der Waals surface area contributed by atoms with E-state index in [0.29, 0.717) is 6.61 Å². The molecule has 0 rings (SSSR count). The first-order valence-electron chi connectivity index (χ1n) is 3.83. The predicted molar refractivity (Wildman–Crippen MR) is 55.5 cm³/mol. The molecule has 0 unspecified atom stereocenters. The number of hydrogen-bond donors (Lipinski definition) is 3. The zero-order valence-corrected chi connectivity index (χ0v) is 8.87. The third-order valence-electron chi connectivity index (χ3n) is 0.287. The second-order valence-corrected chi connectivity index (χ2v) is 2.36. The molecule has 0 saturated carbocycles. The van der Waals surface area contributed by atoms with Gasteiger partial charge < -0.3 is 21.9 Å². The molecule has 0 aromatic rings. The highest BCUT2D eigenvalue weighted by Gasteiger charge is 1.82. The molecular weight excluding hydrogens is 186 g/mol. The molecule has 0 fully saturated rings. The van der Waals surface area contributed by atoms with E-state index in [9.17, 15) is 4.79 Å². The van der Waals surface area contributed by atoms with Crippen LogP contribution in [0.3, 0.4) is 0 Å². The third-order valence-corrected chi connectivity index (χ3v) is 0.287. The van der Waals surface area contributed by atoms with E-state index < -0.39 is 12.1 Å². The molecule has 0 radical (unpaired) electrons. The van der Waals surface area contributed by atoms with Gasteiger partial charge in [-0.2, -0.15) is 0 Å². The zero-order valence-electron chi connectivity index (χ0n) is 8.87. The molecule has 14 heavy (non-hydrogen) atoms. The van der Waals surface area contributed by atoms with Crippen LogP contribution in [0.15, 0.2) is 12.2 Å². The van der Waals surface area contributed by atoms with Crippen LogP contribution in [-0.4, -0.2) is 18.7 Å². The lowest BCUT2D eigenvalue weighted by Gasteiger charge is -1.89. The highest BCUT2D eigenvalue weighted by atomic mass is 16.5. The standard InChI is InChI=1S/C4H8.C3H7NO2.CH4N2O/c1-4(2)3;1-2-6-3(4)5;2-1(3)4/h1H2,2-3H3;2H2,1H3,(H2,4,5);(H4,2,3,4). The van der Waals surface area contributed by atoms with E-state index in [4.69, 9.17) is 4.79 Å². The SMILES string of the molecule is C=C(C)C.CCOC(N)=O.NC(N)=O. The highest BCUT2D eigenvalue weighted by molar-refractivity contribution is 5.69. The molecule has 6 N–H and O–H groups in total. The Morgan fingerprint density at radius 3 is 1.43 bits per heavy atom. The molecule has 6 nitrogen and oxygen atoms in total. The number of primary amides is 3. The first kappa shape index (κ1) is 18.1. The van der Waals surface area contributed by atoms with Crippen molar-refractivity contribution in [1.29, 1.82) is 0 Å². The Morgan fingerprint density at radius 1 is 1.21 bits per heavy atom. The van der Waals surface area contributed by atoms with E-state index in [1.165, 1.54) is 5.57 Å². The number of carbonyl (C=O) groups is 2. The molecule has 0 aliphatic carbocycles. The second kappa shape index (κ2) is 13.8. The molecule has 6 heteroatoms. The third kappa shape index (κ3) is 540. The number of nitrogens with two attached hydrogens (primary N) is 3. The maximum atomic E-state index is 9.60. The molecule has 0 spiro atoms. The van der Waals surface area contributed by atoms with Crippen LogP contribution in [0.1, 0.15) is 20.8 Å². The van der Waals surface area contributed by atoms with Gasteiger partial charge in [-0.1, -0.05) is 5.57 Å². The van der Waals surface area contributed by atoms with Gasteiger partial charge in [-0.3, -0.25) is 0 Å². The molecule has 0 heterocycles. The molecule has 84 valence electrons. The number of hydrogen-bond acceptors (Lipinski definition) is 3. The summed E-state index contributed by atoms with van der Waals surface area (Å²) < 4.78 is 4.18. The Kier molecular flexibility index (Phi) is 17.9. The molecule has 0 bridgehead atoms. The minimum absolute atomic E-state index is 0.356. The molecule has 0 aliphatic rings. The van der Waals surface area contributed by atoms with Crippen molar-refractivity contribution in [3.63, 3.8) is 0 Å². The second-order valence-electron chi connectivity index (χ2n) is 2.36. The smallest absolute Gasteiger partial charge is 0.404 e. The Balaban J connectivity index is -0.000000135. The van der Waals surface area contributed by atoms with Crippen LogP contribution in [0.4, 0.5) is 9.59 Å². The van der Waals surface area contributed by atoms with E-state index in [0.717, 1.165) is 0 Å². The average molecular weight is 205 g/mol. The quantitative estimate of drug-likeness (QED) is 0.546. The fraction of sp³-hybridized carbons (Fsp3) is 0.500. The number of urea groups is 1. The number of carbonyl (C=O) groups excluding carboxylic acids is 2. The predicted octanol–water partition coefficient (Wildman–Crippen LogP) is 0.708. The minimum Gasteiger partial charge on any atom is -0.450 e. The molecule has 3 amide bonds. The summed E-state index contributed by atoms with van der Waals surface area (Å²) in [6.45, 7) is 9.56. The first-order valence-corrected chi connectivity index (χ1v) is 3.83. The zero-order chi connectivity index (χ0) is 12.1. The molecular formula is C8H19N3O3. The summed E-state index contributed by atoms with van der Waals surface area (Å²) in [7, 11) is 0. The van der Waals surface area contributed by atoms with Crippen LogP contribution in [-0.2, 0) is 4.74 Å². The van der Waals surface area contributed by atoms with Gasteiger partial charge in [0, 0.05) is 0 Å². The summed E-state index contributed by atoms with van der Waals surface area (Å²) >= 11 is 0. The van der Waals surface area contributed by atoms with Crippen LogP contribution in [0, 0.1) is 0 Å². The van der Waals surface area contributed by atoms with Gasteiger partial charge in [-0.05, 0) is 20.8 Å². The fourth-order valence-corrected chi connectivity index (χ4v) is 0.142. The maximum Gasteiger partial charge on any atom is 0.404 e. The molecule has 0 aliphatic heterocycles. The maximum absolute atomic E-state index is 9.60. The van der Waals surface area contributed by atoms with Crippen molar-refractivity contribution < 1.29 is 14.3 Å². The lowest BCUT2D eigenvalue weighted by atomic mass is 10.4. The first-order chi connectivity index (χ1) is 6.23. The van der Waals surface area contributed by atoms with E-state index in [1.807, 2.05) is 13.8 Å². The van der Waals surface area contributed by atoms with Crippen molar-refractivity contribution in [2.24, 2.45) is 17.2 Å². The summed E-state index contributed by atoms with van der Waals surface area (Å²) in [6.07, 6.45) is -0.711. The number of rotatable bonds is 1. The number of amides is 3. The number of allylic oxidation sites excluding steroid dienone is 1. The molecule has 0 aromatic carbocycles. The van der Waals surface area contributed by atoms with E-state index in [-0.39, 0.29) is 0 Å². The molecule has 0 aromatic heterocycles. The summed E-state index contributed by atoms with van der Waals surface area (Å²) in [5.74, 6) is 0. The van der Waals surface area contributed by atoms with Crippen LogP contribution >= 0.6 is 0 Å². The molecule has 0 saturated heterocycles. The highest BCUT2D eigenvalue weighted by Crippen LogP contribution is 1.73. The average Bonchev–Trinajstić information content (AvgIpc) is 1.82. The molecule has 0 atom stereocenters. The Morgan fingerprint density at radius 2 is 1.43 bits per heavy atom. The Bertz CT molecular complexity index is 161. The summed E-state index contributed by atoms with van der Waals surface area (Å²) in [5.41, 5.74) is 14.2. The van der Waals surface area contributed by atoms with Crippen LogP contribution in [0.5, 0.6) is 0 Å². The lowest BCUT2D eigenvalue weighted by Crippen LogP contribution is -2.18. The van der Waals surface area contributed by atoms with Gasteiger partial charge in [0.15, 0.2) is 0 Å². The van der Waals surface area contributed by atoms with Gasteiger partial charge in [0.05, 0.1) is 6.61 Å². The Labute approximate surface area is 84.1 Å². The van der Waals surface area contributed by atoms with Gasteiger partial charge in [0.1, 0.15) is 0 Å². The topological polar surface area (TPSA) is 121 Å². The van der Waals surface area contributed by atoms with Gasteiger partial charge >= 0.3 is 12.1 Å². The fourth-order valence-electron chi connectivity index (χ4n) is 0.142. The van der Waals surface area contributed by atoms with Gasteiger partial charge in [0.2, 0.25) is 0 Å². The van der Waals surface area contributed by atoms with Crippen LogP contribution < -0.4 is 17.2 Å². The van der Waals surface area contributed by atoms with Crippen LogP contribution in [0.25, 0.3) is 0 Å². The van der Waals surface area contributed by atoms with Gasteiger partial charge in [0.25, 0.3) is 0 Å². The lowest BCUT2D eigenvalue weighted by molar-refractivity contribution is 0.163. The normalized spacial score (nSPS) is 6.79. The monoisotopic (exact) mass is 205 g/mol. The van der Waals surface area contributed by atoms with Crippen molar-refractivity contribution in [3.8, 4) is 0 Å². The summed E-state index contributed by atoms with van der Waals surface area (Å²) in [6, 6.07) is -0.833. The van der Waals surface area contributed by atoms with E-state index in [1.54, 1.807) is 6.92 Å². The summed E-state index contributed by atoms with van der Waals surface area (Å²) in [4.78, 5) is 18.6. The van der Waals surface area contributed by atoms with Crippen molar-refractivity contribution in [2.75, 3.05) is 6.61 Å². The summed E-state index contributed by atoms with van der Waals surface area (Å²) in [5, 5.41) is 0. The minimum atomic E-state index is -0.833. The van der Waals surface area contributed by atoms with Crippen molar-refractivity contribution in [3.05, 3.63) is 12.2 Å². The van der Waals surface area contributed by atoms with E-state index in [2.05, 4.69) is 28.5 Å². The Hall–Kier alpha value is -1.72. The van der Waals surface area contributed by atoms with Gasteiger partial charge in [-0.25, -0.2) is 9.59 Å². The van der Waals surface area contributed by atoms with E-state index >= 15 is 0 Å². The van der Waals surface area contributed by atoms with Crippen molar-refractivity contribution >= 4 is 12.1 Å². The van der Waals surface area contributed by atoms with Crippen molar-refractivity contribution in [1.82, 2.24) is 0 Å². The van der Waals surface area contributed by atoms with Gasteiger partial charge in [-0.15, -0.1) is 6.58 Å². The van der Waals surface area contributed by atoms with Crippen LogP contribution in [0.2, 0.25) is 0 Å².